The third kappa shape index (κ3) is 1.96. The van der Waals surface area contributed by atoms with E-state index in [1.165, 1.54) is 52.0 Å². The molecule has 0 aromatic heterocycles. The molecule has 2 atom stereocenters. The van der Waals surface area contributed by atoms with Crippen molar-refractivity contribution in [1.82, 2.24) is 9.80 Å². The van der Waals surface area contributed by atoms with E-state index in [1.807, 2.05) is 0 Å². The molecule has 0 spiro atoms. The Hall–Kier alpha value is -0.0800. The molecule has 2 heteroatoms. The first-order valence-corrected chi connectivity index (χ1v) is 6.31. The van der Waals surface area contributed by atoms with E-state index in [-0.39, 0.29) is 0 Å². The van der Waals surface area contributed by atoms with E-state index in [0.717, 1.165) is 12.0 Å². The predicted octanol–water partition coefficient (Wildman–Crippen LogP) is 1.81. The number of hydrogen-bond acceptors (Lipinski definition) is 2. The molecule has 0 radical (unpaired) electrons. The fraction of sp³-hybridized carbons (Fsp3) is 1.00. The average molecular weight is 196 g/mol. The maximum atomic E-state index is 2.70. The maximum absolute atomic E-state index is 2.70. The predicted molar refractivity (Wildman–Crippen MR) is 60.5 cm³/mol. The summed E-state index contributed by atoms with van der Waals surface area (Å²) in [6.45, 7) is 11.2. The quantitative estimate of drug-likeness (QED) is 0.679. The summed E-state index contributed by atoms with van der Waals surface area (Å²) in [6, 6.07) is 0.913. The second-order valence-electron chi connectivity index (χ2n) is 4.78. The lowest BCUT2D eigenvalue weighted by Crippen LogP contribution is -2.36. The van der Waals surface area contributed by atoms with Crippen LogP contribution in [0.15, 0.2) is 0 Å². The van der Waals surface area contributed by atoms with Crippen LogP contribution in [0.2, 0.25) is 0 Å². The minimum Gasteiger partial charge on any atom is -0.303 e. The highest BCUT2D eigenvalue weighted by Gasteiger charge is 2.34. The molecule has 2 saturated heterocycles. The second-order valence-corrected chi connectivity index (χ2v) is 4.78. The van der Waals surface area contributed by atoms with Gasteiger partial charge in [-0.3, -0.25) is 0 Å². The first-order chi connectivity index (χ1) is 6.85. The first kappa shape index (κ1) is 10.4. The zero-order chi connectivity index (χ0) is 9.97. The molecule has 14 heavy (non-hydrogen) atoms. The Kier molecular flexibility index (Phi) is 3.45. The van der Waals surface area contributed by atoms with E-state index in [9.17, 15) is 0 Å². The molecule has 2 rings (SSSR count). The van der Waals surface area contributed by atoms with Gasteiger partial charge in [0.05, 0.1) is 0 Å². The monoisotopic (exact) mass is 196 g/mol. The third-order valence-electron chi connectivity index (χ3n) is 4.12. The highest BCUT2D eigenvalue weighted by molar-refractivity contribution is 4.89. The SMILES string of the molecule is CCN1CCC(C2CCCN2CC)C1. The molecular weight excluding hydrogens is 172 g/mol. The Morgan fingerprint density at radius 3 is 2.57 bits per heavy atom. The highest BCUT2D eigenvalue weighted by atomic mass is 15.2. The van der Waals surface area contributed by atoms with Crippen LogP contribution in [-0.4, -0.2) is 48.6 Å². The van der Waals surface area contributed by atoms with Gasteiger partial charge in [-0.05, 0) is 51.4 Å². The van der Waals surface area contributed by atoms with Crippen molar-refractivity contribution in [3.63, 3.8) is 0 Å². The molecular formula is C12H24N2. The third-order valence-corrected chi connectivity index (χ3v) is 4.12. The number of hydrogen-bond donors (Lipinski definition) is 0. The fourth-order valence-electron chi connectivity index (χ4n) is 3.24. The normalized spacial score (nSPS) is 35.6. The molecule has 2 heterocycles. The topological polar surface area (TPSA) is 6.48 Å². The lowest BCUT2D eigenvalue weighted by molar-refractivity contribution is 0.196. The van der Waals surface area contributed by atoms with E-state index < -0.39 is 0 Å². The summed E-state index contributed by atoms with van der Waals surface area (Å²) in [5.41, 5.74) is 0. The van der Waals surface area contributed by atoms with Gasteiger partial charge >= 0.3 is 0 Å². The Balaban J connectivity index is 1.89. The van der Waals surface area contributed by atoms with Gasteiger partial charge < -0.3 is 9.80 Å². The van der Waals surface area contributed by atoms with E-state index in [1.54, 1.807) is 0 Å². The van der Waals surface area contributed by atoms with Crippen molar-refractivity contribution in [2.75, 3.05) is 32.7 Å². The number of rotatable bonds is 3. The first-order valence-electron chi connectivity index (χ1n) is 6.31. The minimum absolute atomic E-state index is 0.913. The molecule has 2 aliphatic heterocycles. The molecule has 0 aromatic carbocycles. The van der Waals surface area contributed by atoms with Crippen molar-refractivity contribution in [1.29, 1.82) is 0 Å². The molecule has 0 amide bonds. The van der Waals surface area contributed by atoms with Crippen molar-refractivity contribution in [3.05, 3.63) is 0 Å². The van der Waals surface area contributed by atoms with Crippen LogP contribution in [0.1, 0.15) is 33.1 Å². The molecule has 0 saturated carbocycles. The summed E-state index contributed by atoms with van der Waals surface area (Å²) in [6.07, 6.45) is 4.33. The Morgan fingerprint density at radius 1 is 1.07 bits per heavy atom. The van der Waals surface area contributed by atoms with Crippen LogP contribution < -0.4 is 0 Å². The molecule has 82 valence electrons. The lowest BCUT2D eigenvalue weighted by atomic mass is 9.97. The van der Waals surface area contributed by atoms with Gasteiger partial charge in [-0.15, -0.1) is 0 Å². The van der Waals surface area contributed by atoms with Crippen molar-refractivity contribution in [2.45, 2.75) is 39.2 Å². The van der Waals surface area contributed by atoms with Gasteiger partial charge in [-0.25, -0.2) is 0 Å². The molecule has 2 unspecified atom stereocenters. The van der Waals surface area contributed by atoms with E-state index in [0.29, 0.717) is 0 Å². The molecule has 0 N–H and O–H groups in total. The van der Waals surface area contributed by atoms with Gasteiger partial charge in [0.1, 0.15) is 0 Å². The van der Waals surface area contributed by atoms with Gasteiger partial charge in [0.15, 0.2) is 0 Å². The zero-order valence-electron chi connectivity index (χ0n) is 9.71. The summed E-state index contributed by atoms with van der Waals surface area (Å²) in [5.74, 6) is 0.970. The van der Waals surface area contributed by atoms with Crippen molar-refractivity contribution >= 4 is 0 Å². The van der Waals surface area contributed by atoms with Crippen LogP contribution in [0.5, 0.6) is 0 Å². The number of likely N-dealkylation sites (tertiary alicyclic amines) is 2. The van der Waals surface area contributed by atoms with Gasteiger partial charge in [-0.2, -0.15) is 0 Å². The van der Waals surface area contributed by atoms with Gasteiger partial charge in [0.2, 0.25) is 0 Å². The molecule has 2 aliphatic rings. The van der Waals surface area contributed by atoms with Crippen molar-refractivity contribution in [3.8, 4) is 0 Å². The summed E-state index contributed by atoms with van der Waals surface area (Å²) >= 11 is 0. The van der Waals surface area contributed by atoms with E-state index in [2.05, 4.69) is 23.6 Å². The molecule has 0 aliphatic carbocycles. The highest BCUT2D eigenvalue weighted by Crippen LogP contribution is 2.29. The van der Waals surface area contributed by atoms with Gasteiger partial charge in [0.25, 0.3) is 0 Å². The van der Waals surface area contributed by atoms with Gasteiger partial charge in [-0.1, -0.05) is 13.8 Å². The summed E-state index contributed by atoms with van der Waals surface area (Å²) in [4.78, 5) is 5.31. The van der Waals surface area contributed by atoms with Crippen LogP contribution in [0.25, 0.3) is 0 Å². The summed E-state index contributed by atoms with van der Waals surface area (Å²) in [7, 11) is 0. The van der Waals surface area contributed by atoms with Crippen LogP contribution in [0, 0.1) is 5.92 Å². The van der Waals surface area contributed by atoms with Crippen molar-refractivity contribution in [2.24, 2.45) is 5.92 Å². The van der Waals surface area contributed by atoms with Crippen LogP contribution >= 0.6 is 0 Å². The fourth-order valence-corrected chi connectivity index (χ4v) is 3.24. The Labute approximate surface area is 88.3 Å². The molecule has 2 fully saturated rings. The van der Waals surface area contributed by atoms with Crippen LogP contribution in [-0.2, 0) is 0 Å². The smallest absolute Gasteiger partial charge is 0.0137 e. The maximum Gasteiger partial charge on any atom is 0.0137 e. The van der Waals surface area contributed by atoms with Crippen LogP contribution in [0.3, 0.4) is 0 Å². The molecule has 0 aromatic rings. The Bertz CT molecular complexity index is 181. The van der Waals surface area contributed by atoms with Crippen molar-refractivity contribution < 1.29 is 0 Å². The standard InChI is InChI=1S/C12H24N2/c1-3-13-9-7-11(10-13)12-6-5-8-14(12)4-2/h11-12H,3-10H2,1-2H3. The van der Waals surface area contributed by atoms with Gasteiger partial charge in [0, 0.05) is 12.6 Å². The summed E-state index contributed by atoms with van der Waals surface area (Å²) < 4.78 is 0. The average Bonchev–Trinajstić information content (AvgIpc) is 2.85. The zero-order valence-corrected chi connectivity index (χ0v) is 9.71. The van der Waals surface area contributed by atoms with E-state index in [4.69, 9.17) is 0 Å². The molecule has 0 bridgehead atoms. The number of nitrogens with zero attached hydrogens (tertiary/aromatic N) is 2. The second kappa shape index (κ2) is 4.63. The van der Waals surface area contributed by atoms with Crippen LogP contribution in [0.4, 0.5) is 0 Å². The lowest BCUT2D eigenvalue weighted by Gasteiger charge is -2.28. The molecule has 2 nitrogen and oxygen atoms in total. The van der Waals surface area contributed by atoms with E-state index >= 15 is 0 Å². The largest absolute Gasteiger partial charge is 0.303 e. The minimum atomic E-state index is 0.913. The summed E-state index contributed by atoms with van der Waals surface area (Å²) in [5, 5.41) is 0. The Morgan fingerprint density at radius 2 is 1.93 bits per heavy atom.